The van der Waals surface area contributed by atoms with Crippen LogP contribution in [0.15, 0.2) is 18.2 Å². The number of nitrogens with two attached hydrogens (primary N) is 1. The number of nitrogen functional groups attached to an aromatic ring is 1. The Kier molecular flexibility index (Phi) is 1.72. The second-order valence-electron chi connectivity index (χ2n) is 2.16. The van der Waals surface area contributed by atoms with Gasteiger partial charge in [-0.1, -0.05) is 6.07 Å². The normalized spacial score (nSPS) is 10.6. The Balaban J connectivity index is 2.90. The molecule has 0 atom stereocenters. The van der Waals surface area contributed by atoms with Gasteiger partial charge in [0.1, 0.15) is 5.52 Å². The van der Waals surface area contributed by atoms with Crippen molar-refractivity contribution in [1.29, 1.82) is 0 Å². The minimum Gasteiger partial charge on any atom is -0.397 e. The molecule has 2 aromatic rings. The zero-order valence-electron chi connectivity index (χ0n) is 5.54. The molecule has 0 saturated carbocycles. The van der Waals surface area contributed by atoms with Crippen LogP contribution in [-0.4, -0.2) is 4.98 Å². The van der Waals surface area contributed by atoms with Gasteiger partial charge in [-0.25, -0.2) is 4.98 Å². The van der Waals surface area contributed by atoms with Gasteiger partial charge in [-0.05, 0) is 34.7 Å². The lowest BCUT2D eigenvalue weighted by Crippen LogP contribution is -1.84. The molecular formula is C7H5IN2S. The number of para-hydroxylation sites is 1. The lowest BCUT2D eigenvalue weighted by Gasteiger charge is -1.90. The van der Waals surface area contributed by atoms with Crippen LogP contribution in [-0.2, 0) is 0 Å². The van der Waals surface area contributed by atoms with E-state index in [-0.39, 0.29) is 0 Å². The van der Waals surface area contributed by atoms with Crippen molar-refractivity contribution < 1.29 is 0 Å². The highest BCUT2D eigenvalue weighted by Crippen LogP contribution is 2.26. The number of benzene rings is 1. The van der Waals surface area contributed by atoms with Gasteiger partial charge in [-0.3, -0.25) is 0 Å². The van der Waals surface area contributed by atoms with Crippen LogP contribution in [0.4, 0.5) is 5.69 Å². The summed E-state index contributed by atoms with van der Waals surface area (Å²) in [5.41, 5.74) is 7.41. The Labute approximate surface area is 81.6 Å². The van der Waals surface area contributed by atoms with Crippen molar-refractivity contribution in [3.8, 4) is 0 Å². The van der Waals surface area contributed by atoms with Crippen molar-refractivity contribution in [3.05, 3.63) is 21.2 Å². The van der Waals surface area contributed by atoms with Gasteiger partial charge >= 0.3 is 0 Å². The van der Waals surface area contributed by atoms with E-state index in [2.05, 4.69) is 27.6 Å². The third-order valence-corrected chi connectivity index (χ3v) is 3.13. The molecule has 0 aliphatic rings. The molecule has 1 aromatic carbocycles. The molecule has 0 unspecified atom stereocenters. The summed E-state index contributed by atoms with van der Waals surface area (Å²) < 4.78 is 2.20. The van der Waals surface area contributed by atoms with Gasteiger partial charge in [0.15, 0.2) is 3.01 Å². The molecule has 2 nitrogen and oxygen atoms in total. The van der Waals surface area contributed by atoms with E-state index < -0.39 is 0 Å². The number of fused-ring (bicyclic) bond motifs is 1. The molecule has 0 radical (unpaired) electrons. The zero-order valence-corrected chi connectivity index (χ0v) is 8.52. The second-order valence-corrected chi connectivity index (χ2v) is 4.95. The van der Waals surface area contributed by atoms with Gasteiger partial charge in [0.2, 0.25) is 0 Å². The highest BCUT2D eigenvalue weighted by atomic mass is 127. The summed E-state index contributed by atoms with van der Waals surface area (Å²) in [7, 11) is 0. The first kappa shape index (κ1) is 7.30. The van der Waals surface area contributed by atoms with E-state index in [0.29, 0.717) is 0 Å². The van der Waals surface area contributed by atoms with Crippen LogP contribution in [0.1, 0.15) is 0 Å². The van der Waals surface area contributed by atoms with E-state index in [1.165, 1.54) is 0 Å². The van der Waals surface area contributed by atoms with Crippen LogP contribution in [0.2, 0.25) is 0 Å². The van der Waals surface area contributed by atoms with Crippen LogP contribution in [0.25, 0.3) is 10.2 Å². The molecule has 0 saturated heterocycles. The average Bonchev–Trinajstić information content (AvgIpc) is 2.31. The van der Waals surface area contributed by atoms with Crippen molar-refractivity contribution in [1.82, 2.24) is 4.98 Å². The summed E-state index contributed by atoms with van der Waals surface area (Å²) in [5, 5.41) is 0. The van der Waals surface area contributed by atoms with E-state index >= 15 is 0 Å². The first-order valence-electron chi connectivity index (χ1n) is 3.08. The molecule has 0 aliphatic heterocycles. The number of halogens is 1. The van der Waals surface area contributed by atoms with Gasteiger partial charge in [-0.15, -0.1) is 11.3 Å². The van der Waals surface area contributed by atoms with E-state index in [0.717, 1.165) is 18.9 Å². The Hall–Kier alpha value is -0.360. The number of thiazole rings is 1. The molecule has 4 heteroatoms. The predicted molar refractivity (Wildman–Crippen MR) is 56.7 cm³/mol. The predicted octanol–water partition coefficient (Wildman–Crippen LogP) is 2.48. The summed E-state index contributed by atoms with van der Waals surface area (Å²) in [6.45, 7) is 0. The van der Waals surface area contributed by atoms with Crippen molar-refractivity contribution in [2.45, 2.75) is 0 Å². The largest absolute Gasteiger partial charge is 0.397 e. The number of aromatic nitrogens is 1. The molecule has 0 amide bonds. The fraction of sp³-hybridized carbons (Fsp3) is 0. The number of anilines is 1. The first-order valence-corrected chi connectivity index (χ1v) is 4.97. The molecule has 11 heavy (non-hydrogen) atoms. The van der Waals surface area contributed by atoms with Gasteiger partial charge < -0.3 is 5.73 Å². The molecule has 2 rings (SSSR count). The summed E-state index contributed by atoms with van der Waals surface area (Å²) >= 11 is 3.86. The monoisotopic (exact) mass is 276 g/mol. The van der Waals surface area contributed by atoms with E-state index in [1.807, 2.05) is 18.2 Å². The fourth-order valence-corrected chi connectivity index (χ4v) is 2.62. The average molecular weight is 276 g/mol. The Morgan fingerprint density at radius 2 is 2.27 bits per heavy atom. The van der Waals surface area contributed by atoms with Crippen LogP contribution in [0.3, 0.4) is 0 Å². The van der Waals surface area contributed by atoms with Crippen molar-refractivity contribution in [3.63, 3.8) is 0 Å². The van der Waals surface area contributed by atoms with Crippen molar-refractivity contribution in [2.75, 3.05) is 5.73 Å². The highest BCUT2D eigenvalue weighted by molar-refractivity contribution is 14.1. The van der Waals surface area contributed by atoms with Crippen molar-refractivity contribution in [2.24, 2.45) is 0 Å². The molecule has 2 N–H and O–H groups in total. The zero-order chi connectivity index (χ0) is 7.84. The van der Waals surface area contributed by atoms with Crippen LogP contribution >= 0.6 is 33.9 Å². The van der Waals surface area contributed by atoms with Crippen LogP contribution in [0, 0.1) is 3.01 Å². The molecule has 56 valence electrons. The van der Waals surface area contributed by atoms with Gasteiger partial charge in [0, 0.05) is 0 Å². The Morgan fingerprint density at radius 1 is 1.45 bits per heavy atom. The smallest absolute Gasteiger partial charge is 0.155 e. The van der Waals surface area contributed by atoms with Gasteiger partial charge in [0.25, 0.3) is 0 Å². The molecular weight excluding hydrogens is 271 g/mol. The number of nitrogens with zero attached hydrogens (tertiary/aromatic N) is 1. The maximum absolute atomic E-state index is 5.71. The lowest BCUT2D eigenvalue weighted by atomic mass is 10.3. The quantitative estimate of drug-likeness (QED) is 0.593. The molecule has 1 heterocycles. The third kappa shape index (κ3) is 1.20. The molecule has 1 aromatic heterocycles. The Bertz CT molecular complexity index is 396. The fourth-order valence-electron chi connectivity index (χ4n) is 0.943. The minimum atomic E-state index is 0.765. The maximum Gasteiger partial charge on any atom is 0.155 e. The lowest BCUT2D eigenvalue weighted by molar-refractivity contribution is 1.45. The molecule has 0 bridgehead atoms. The van der Waals surface area contributed by atoms with E-state index in [1.54, 1.807) is 11.3 Å². The van der Waals surface area contributed by atoms with Gasteiger partial charge in [-0.2, -0.15) is 0 Å². The number of hydrogen-bond donors (Lipinski definition) is 1. The summed E-state index contributed by atoms with van der Waals surface area (Å²) in [6, 6.07) is 5.86. The summed E-state index contributed by atoms with van der Waals surface area (Å²) in [6.07, 6.45) is 0. The summed E-state index contributed by atoms with van der Waals surface area (Å²) in [5.74, 6) is 0. The summed E-state index contributed by atoms with van der Waals surface area (Å²) in [4.78, 5) is 4.29. The number of rotatable bonds is 0. The molecule has 0 spiro atoms. The third-order valence-electron chi connectivity index (χ3n) is 1.42. The standard InChI is InChI=1S/C7H5IN2S/c8-7-10-6-4(9)2-1-3-5(6)11-7/h1-3H,9H2. The van der Waals surface area contributed by atoms with Crippen molar-refractivity contribution >= 4 is 49.8 Å². The minimum absolute atomic E-state index is 0.765. The number of hydrogen-bond acceptors (Lipinski definition) is 3. The van der Waals surface area contributed by atoms with Crippen LogP contribution in [0.5, 0.6) is 0 Å². The maximum atomic E-state index is 5.71. The molecule has 0 fully saturated rings. The van der Waals surface area contributed by atoms with E-state index in [9.17, 15) is 0 Å². The highest BCUT2D eigenvalue weighted by Gasteiger charge is 2.02. The first-order chi connectivity index (χ1) is 5.27. The molecule has 0 aliphatic carbocycles. The Morgan fingerprint density at radius 3 is 3.00 bits per heavy atom. The van der Waals surface area contributed by atoms with Crippen LogP contribution < -0.4 is 5.73 Å². The second kappa shape index (κ2) is 2.60. The van der Waals surface area contributed by atoms with E-state index in [4.69, 9.17) is 5.73 Å². The van der Waals surface area contributed by atoms with Gasteiger partial charge in [0.05, 0.1) is 10.4 Å². The SMILES string of the molecule is Nc1cccc2sc(I)nc12. The topological polar surface area (TPSA) is 38.9 Å².